The van der Waals surface area contributed by atoms with Gasteiger partial charge in [-0.2, -0.15) is 0 Å². The van der Waals surface area contributed by atoms with Crippen molar-refractivity contribution in [2.45, 2.75) is 32.7 Å². The van der Waals surface area contributed by atoms with Crippen LogP contribution in [0.1, 0.15) is 41.0 Å². The summed E-state index contributed by atoms with van der Waals surface area (Å²) in [6, 6.07) is 7.09. The van der Waals surface area contributed by atoms with E-state index in [1.165, 1.54) is 29.2 Å². The molecule has 0 saturated carbocycles. The summed E-state index contributed by atoms with van der Waals surface area (Å²) in [7, 11) is 0. The van der Waals surface area contributed by atoms with E-state index >= 15 is 0 Å². The van der Waals surface area contributed by atoms with Gasteiger partial charge in [-0.15, -0.1) is 13.2 Å². The van der Waals surface area contributed by atoms with Crippen LogP contribution in [0.5, 0.6) is 11.5 Å². The van der Waals surface area contributed by atoms with Crippen LogP contribution in [0.2, 0.25) is 5.02 Å². The minimum Gasteiger partial charge on any atom is -0.489 e. The topological polar surface area (TPSA) is 67.9 Å². The van der Waals surface area contributed by atoms with E-state index in [1.54, 1.807) is 13.8 Å². The molecule has 0 aromatic heterocycles. The molecule has 2 aromatic carbocycles. The minimum atomic E-state index is -4.93. The highest BCUT2D eigenvalue weighted by Crippen LogP contribution is 2.31. The first-order chi connectivity index (χ1) is 16.0. The van der Waals surface area contributed by atoms with Crippen molar-refractivity contribution in [2.75, 3.05) is 19.7 Å². The average molecular weight is 503 g/mol. The van der Waals surface area contributed by atoms with Crippen LogP contribution in [0, 0.1) is 11.7 Å². The zero-order valence-corrected chi connectivity index (χ0v) is 19.2. The molecular weight excluding hydrogens is 480 g/mol. The van der Waals surface area contributed by atoms with E-state index in [4.69, 9.17) is 16.3 Å². The number of amides is 2. The molecular formula is C23H23ClF4N2O4. The number of likely N-dealkylation sites (tertiary alicyclic amines) is 1. The number of nitrogens with one attached hydrogen (secondary N) is 1. The van der Waals surface area contributed by atoms with Gasteiger partial charge in [0.2, 0.25) is 0 Å². The number of para-hydroxylation sites is 1. The number of hydrogen-bond donors (Lipinski definition) is 1. The SMILES string of the molecule is CCOc1c(F)cc(C(=O)N2CC[C@@H](NC(=O)c3ccccc3OC(F)(F)F)[C@@H](C)C2)cc1Cl. The average Bonchev–Trinajstić information content (AvgIpc) is 2.76. The molecule has 0 spiro atoms. The molecule has 1 aliphatic heterocycles. The van der Waals surface area contributed by atoms with Gasteiger partial charge >= 0.3 is 6.36 Å². The Morgan fingerprint density at radius 3 is 2.56 bits per heavy atom. The summed E-state index contributed by atoms with van der Waals surface area (Å²) in [5.41, 5.74) is -0.177. The lowest BCUT2D eigenvalue weighted by molar-refractivity contribution is -0.274. The molecule has 34 heavy (non-hydrogen) atoms. The zero-order chi connectivity index (χ0) is 25.0. The molecule has 1 N–H and O–H groups in total. The molecule has 1 heterocycles. The molecule has 2 amide bonds. The van der Waals surface area contributed by atoms with Crippen LogP contribution in [-0.4, -0.2) is 48.8 Å². The fourth-order valence-electron chi connectivity index (χ4n) is 3.81. The first kappa shape index (κ1) is 25.6. The fraction of sp³-hybridized carbons (Fsp3) is 0.391. The Bertz CT molecular complexity index is 1040. The van der Waals surface area contributed by atoms with Gasteiger partial charge < -0.3 is 19.7 Å². The van der Waals surface area contributed by atoms with Crippen LogP contribution >= 0.6 is 11.6 Å². The second kappa shape index (κ2) is 10.5. The molecule has 184 valence electrons. The van der Waals surface area contributed by atoms with Gasteiger partial charge in [0.1, 0.15) is 5.75 Å². The smallest absolute Gasteiger partial charge is 0.489 e. The molecule has 3 rings (SSSR count). The van der Waals surface area contributed by atoms with Crippen molar-refractivity contribution in [1.82, 2.24) is 10.2 Å². The number of ether oxygens (including phenoxy) is 2. The second-order valence-corrected chi connectivity index (χ2v) is 8.25. The van der Waals surface area contributed by atoms with Crippen molar-refractivity contribution in [3.63, 3.8) is 0 Å². The Labute approximate surface area is 198 Å². The van der Waals surface area contributed by atoms with Crippen molar-refractivity contribution >= 4 is 23.4 Å². The molecule has 11 heteroatoms. The summed E-state index contributed by atoms with van der Waals surface area (Å²) in [5.74, 6) is -2.82. The van der Waals surface area contributed by atoms with Crippen molar-refractivity contribution in [1.29, 1.82) is 0 Å². The third-order valence-corrected chi connectivity index (χ3v) is 5.68. The van der Waals surface area contributed by atoms with E-state index < -0.39 is 35.8 Å². The number of alkyl halides is 3. The van der Waals surface area contributed by atoms with Gasteiger partial charge in [0.15, 0.2) is 11.6 Å². The second-order valence-electron chi connectivity index (χ2n) is 7.84. The first-order valence-corrected chi connectivity index (χ1v) is 10.9. The van der Waals surface area contributed by atoms with E-state index in [9.17, 15) is 27.2 Å². The molecule has 0 unspecified atom stereocenters. The Kier molecular flexibility index (Phi) is 7.91. The van der Waals surface area contributed by atoms with Crippen molar-refractivity contribution in [3.05, 3.63) is 58.4 Å². The van der Waals surface area contributed by atoms with Crippen molar-refractivity contribution in [2.24, 2.45) is 5.92 Å². The van der Waals surface area contributed by atoms with E-state index in [-0.39, 0.29) is 47.5 Å². The maximum Gasteiger partial charge on any atom is 0.573 e. The fourth-order valence-corrected chi connectivity index (χ4v) is 4.07. The lowest BCUT2D eigenvalue weighted by Gasteiger charge is -2.37. The monoisotopic (exact) mass is 502 g/mol. The van der Waals surface area contributed by atoms with Crippen LogP contribution < -0.4 is 14.8 Å². The molecule has 0 bridgehead atoms. The molecule has 2 aromatic rings. The molecule has 1 saturated heterocycles. The lowest BCUT2D eigenvalue weighted by atomic mass is 9.93. The van der Waals surface area contributed by atoms with Crippen LogP contribution in [0.3, 0.4) is 0 Å². The normalized spacial score (nSPS) is 18.4. The van der Waals surface area contributed by atoms with Crippen LogP contribution in [0.15, 0.2) is 36.4 Å². The Morgan fingerprint density at radius 2 is 1.94 bits per heavy atom. The van der Waals surface area contributed by atoms with Gasteiger partial charge in [0.05, 0.1) is 17.2 Å². The van der Waals surface area contributed by atoms with Crippen molar-refractivity contribution < 1.29 is 36.6 Å². The lowest BCUT2D eigenvalue weighted by Crippen LogP contribution is -2.51. The van der Waals surface area contributed by atoms with Crippen LogP contribution in [0.25, 0.3) is 0 Å². The van der Waals surface area contributed by atoms with Crippen LogP contribution in [-0.2, 0) is 0 Å². The van der Waals surface area contributed by atoms with E-state index in [0.717, 1.165) is 12.1 Å². The van der Waals surface area contributed by atoms with Gasteiger partial charge in [-0.1, -0.05) is 30.7 Å². The summed E-state index contributed by atoms with van der Waals surface area (Å²) in [6.07, 6.45) is -4.58. The third-order valence-electron chi connectivity index (χ3n) is 5.40. The van der Waals surface area contributed by atoms with Crippen LogP contribution in [0.4, 0.5) is 17.6 Å². The number of halogens is 5. The highest BCUT2D eigenvalue weighted by atomic mass is 35.5. The molecule has 6 nitrogen and oxygen atoms in total. The largest absolute Gasteiger partial charge is 0.573 e. The van der Waals surface area contributed by atoms with Gasteiger partial charge in [-0.25, -0.2) is 4.39 Å². The van der Waals surface area contributed by atoms with Gasteiger partial charge in [0, 0.05) is 24.7 Å². The molecule has 1 aliphatic rings. The van der Waals surface area contributed by atoms with E-state index in [0.29, 0.717) is 6.42 Å². The molecule has 0 radical (unpaired) electrons. The predicted octanol–water partition coefficient (Wildman–Crippen LogP) is 5.06. The van der Waals surface area contributed by atoms with Crippen molar-refractivity contribution in [3.8, 4) is 11.5 Å². The summed E-state index contributed by atoms with van der Waals surface area (Å²) in [4.78, 5) is 27.1. The minimum absolute atomic E-state index is 0.0138. The number of hydrogen-bond acceptors (Lipinski definition) is 4. The molecule has 2 atom stereocenters. The number of piperidine rings is 1. The summed E-state index contributed by atoms with van der Waals surface area (Å²) >= 11 is 6.05. The Balaban J connectivity index is 1.66. The highest BCUT2D eigenvalue weighted by molar-refractivity contribution is 6.32. The zero-order valence-electron chi connectivity index (χ0n) is 18.4. The summed E-state index contributed by atoms with van der Waals surface area (Å²) in [5, 5.41) is 2.71. The third kappa shape index (κ3) is 6.11. The van der Waals surface area contributed by atoms with E-state index in [1.807, 2.05) is 0 Å². The Hall–Kier alpha value is -3.01. The number of rotatable bonds is 6. The number of carbonyl (C=O) groups is 2. The maximum atomic E-state index is 14.3. The van der Waals surface area contributed by atoms with E-state index in [2.05, 4.69) is 10.1 Å². The summed E-state index contributed by atoms with van der Waals surface area (Å²) < 4.78 is 61.3. The number of benzene rings is 2. The first-order valence-electron chi connectivity index (χ1n) is 10.6. The van der Waals surface area contributed by atoms with Gasteiger partial charge in [-0.3, -0.25) is 9.59 Å². The predicted molar refractivity (Wildman–Crippen MR) is 117 cm³/mol. The number of carbonyl (C=O) groups excluding carboxylic acids is 2. The standard InChI is InChI=1S/C23H23ClF4N2O4/c1-3-33-20-16(24)10-14(11-17(20)25)22(32)30-9-8-18(13(2)12-30)29-21(31)15-6-4-5-7-19(15)34-23(26,27)28/h4-7,10-11,13,18H,3,8-9,12H2,1-2H3,(H,29,31)/t13-,18+/m0/s1. The van der Waals surface area contributed by atoms with Gasteiger partial charge in [-0.05, 0) is 43.5 Å². The quantitative estimate of drug-likeness (QED) is 0.561. The number of nitrogens with zero attached hydrogens (tertiary/aromatic N) is 1. The van der Waals surface area contributed by atoms with Gasteiger partial charge in [0.25, 0.3) is 11.8 Å². The maximum absolute atomic E-state index is 14.3. The molecule has 0 aliphatic carbocycles. The highest BCUT2D eigenvalue weighted by Gasteiger charge is 2.34. The molecule has 1 fully saturated rings. The summed E-state index contributed by atoms with van der Waals surface area (Å²) in [6.45, 7) is 4.20. The Morgan fingerprint density at radius 1 is 1.24 bits per heavy atom.